The predicted octanol–water partition coefficient (Wildman–Crippen LogP) is 2.70. The lowest BCUT2D eigenvalue weighted by atomic mass is 10.1. The van der Waals surface area contributed by atoms with Crippen LogP contribution in [0.15, 0.2) is 60.9 Å². The van der Waals surface area contributed by atoms with Crippen molar-refractivity contribution < 1.29 is 5.11 Å². The van der Waals surface area contributed by atoms with Gasteiger partial charge in [-0.2, -0.15) is 0 Å². The molecule has 0 aliphatic carbocycles. The first-order valence-corrected chi connectivity index (χ1v) is 6.31. The summed E-state index contributed by atoms with van der Waals surface area (Å²) < 4.78 is 0. The van der Waals surface area contributed by atoms with Crippen molar-refractivity contribution in [3.63, 3.8) is 0 Å². The lowest BCUT2D eigenvalue weighted by molar-refractivity contribution is 0.282. The van der Waals surface area contributed by atoms with Gasteiger partial charge in [0, 0.05) is 12.4 Å². The standard InChI is InChI=1S/C16H13N3O/c20-11-12-9-15(13-5-1-3-7-17-13)19-16(10-12)14-6-2-4-8-18-14/h1-10,20H,11H2. The molecule has 0 fully saturated rings. The first-order valence-electron chi connectivity index (χ1n) is 6.31. The lowest BCUT2D eigenvalue weighted by Crippen LogP contribution is -1.95. The number of aliphatic hydroxyl groups is 1. The molecule has 3 aromatic heterocycles. The van der Waals surface area contributed by atoms with E-state index in [1.807, 2.05) is 48.5 Å². The monoisotopic (exact) mass is 263 g/mol. The number of hydrogen-bond acceptors (Lipinski definition) is 4. The molecular formula is C16H13N3O. The van der Waals surface area contributed by atoms with E-state index >= 15 is 0 Å². The zero-order chi connectivity index (χ0) is 13.8. The molecule has 0 saturated heterocycles. The molecule has 0 aliphatic rings. The minimum Gasteiger partial charge on any atom is -0.392 e. The SMILES string of the molecule is OCc1cc(-c2ccccn2)nc(-c2ccccn2)c1. The Kier molecular flexibility index (Phi) is 3.48. The summed E-state index contributed by atoms with van der Waals surface area (Å²) in [5, 5.41) is 9.41. The summed E-state index contributed by atoms with van der Waals surface area (Å²) in [7, 11) is 0. The van der Waals surface area contributed by atoms with Crippen LogP contribution in [0.2, 0.25) is 0 Å². The molecule has 0 radical (unpaired) electrons. The van der Waals surface area contributed by atoms with Crippen molar-refractivity contribution in [1.82, 2.24) is 15.0 Å². The fourth-order valence-electron chi connectivity index (χ4n) is 1.97. The topological polar surface area (TPSA) is 58.9 Å². The van der Waals surface area contributed by atoms with E-state index in [-0.39, 0.29) is 6.61 Å². The van der Waals surface area contributed by atoms with E-state index in [4.69, 9.17) is 0 Å². The van der Waals surface area contributed by atoms with E-state index in [0.29, 0.717) is 0 Å². The molecule has 0 amide bonds. The molecule has 1 N–H and O–H groups in total. The first kappa shape index (κ1) is 12.4. The summed E-state index contributed by atoms with van der Waals surface area (Å²) in [6.45, 7) is -0.0395. The molecule has 0 spiro atoms. The number of rotatable bonds is 3. The van der Waals surface area contributed by atoms with Crippen LogP contribution >= 0.6 is 0 Å². The van der Waals surface area contributed by atoms with Crippen LogP contribution in [0.4, 0.5) is 0 Å². The van der Waals surface area contributed by atoms with Crippen LogP contribution in [0, 0.1) is 0 Å². The third-order valence-electron chi connectivity index (χ3n) is 2.92. The lowest BCUT2D eigenvalue weighted by Gasteiger charge is -2.07. The van der Waals surface area contributed by atoms with Crippen LogP contribution in [0.5, 0.6) is 0 Å². The largest absolute Gasteiger partial charge is 0.392 e. The van der Waals surface area contributed by atoms with Gasteiger partial charge >= 0.3 is 0 Å². The summed E-state index contributed by atoms with van der Waals surface area (Å²) in [4.78, 5) is 13.2. The molecule has 0 aromatic carbocycles. The van der Waals surface area contributed by atoms with Crippen LogP contribution in [-0.2, 0) is 6.61 Å². The molecule has 0 bridgehead atoms. The van der Waals surface area contributed by atoms with E-state index in [2.05, 4.69) is 15.0 Å². The molecule has 0 saturated carbocycles. The Hall–Kier alpha value is -2.59. The third-order valence-corrected chi connectivity index (χ3v) is 2.92. The number of hydrogen-bond donors (Lipinski definition) is 1. The van der Waals surface area contributed by atoms with Gasteiger partial charge in [0.15, 0.2) is 0 Å². The summed E-state index contributed by atoms with van der Waals surface area (Å²) in [6.07, 6.45) is 3.45. The molecule has 3 rings (SSSR count). The highest BCUT2D eigenvalue weighted by Gasteiger charge is 2.08. The van der Waals surface area contributed by atoms with Gasteiger partial charge in [-0.25, -0.2) is 4.98 Å². The molecule has 20 heavy (non-hydrogen) atoms. The third kappa shape index (κ3) is 2.55. The molecule has 0 unspecified atom stereocenters. The van der Waals surface area contributed by atoms with Crippen LogP contribution in [0.3, 0.4) is 0 Å². The van der Waals surface area contributed by atoms with Crippen molar-refractivity contribution in [1.29, 1.82) is 0 Å². The number of nitrogens with zero attached hydrogens (tertiary/aromatic N) is 3. The molecule has 3 aromatic rings. The first-order chi connectivity index (χ1) is 9.86. The second kappa shape index (κ2) is 5.59. The highest BCUT2D eigenvalue weighted by Crippen LogP contribution is 2.22. The Morgan fingerprint density at radius 3 is 1.70 bits per heavy atom. The molecule has 3 heterocycles. The maximum absolute atomic E-state index is 9.41. The summed E-state index contributed by atoms with van der Waals surface area (Å²) in [5.41, 5.74) is 3.82. The molecule has 4 heteroatoms. The van der Waals surface area contributed by atoms with Crippen LogP contribution in [-0.4, -0.2) is 20.1 Å². The minimum absolute atomic E-state index is 0.0395. The second-order valence-corrected chi connectivity index (χ2v) is 4.33. The van der Waals surface area contributed by atoms with E-state index in [1.165, 1.54) is 0 Å². The average molecular weight is 263 g/mol. The smallest absolute Gasteiger partial charge is 0.0897 e. The van der Waals surface area contributed by atoms with Crippen molar-refractivity contribution in [3.8, 4) is 22.8 Å². The van der Waals surface area contributed by atoms with Gasteiger partial charge < -0.3 is 5.11 Å². The van der Waals surface area contributed by atoms with Crippen LogP contribution in [0.1, 0.15) is 5.56 Å². The Morgan fingerprint density at radius 2 is 1.30 bits per heavy atom. The van der Waals surface area contributed by atoms with Gasteiger partial charge in [-0.15, -0.1) is 0 Å². The van der Waals surface area contributed by atoms with E-state index in [9.17, 15) is 5.11 Å². The maximum Gasteiger partial charge on any atom is 0.0897 e. The van der Waals surface area contributed by atoms with Gasteiger partial charge in [0.2, 0.25) is 0 Å². The van der Waals surface area contributed by atoms with Crippen molar-refractivity contribution in [3.05, 3.63) is 66.5 Å². The second-order valence-electron chi connectivity index (χ2n) is 4.33. The number of aliphatic hydroxyl groups excluding tert-OH is 1. The highest BCUT2D eigenvalue weighted by atomic mass is 16.3. The zero-order valence-corrected chi connectivity index (χ0v) is 10.8. The van der Waals surface area contributed by atoms with Crippen molar-refractivity contribution in [2.24, 2.45) is 0 Å². The normalized spacial score (nSPS) is 10.4. The van der Waals surface area contributed by atoms with E-state index < -0.39 is 0 Å². The van der Waals surface area contributed by atoms with E-state index in [0.717, 1.165) is 28.3 Å². The summed E-state index contributed by atoms with van der Waals surface area (Å²) >= 11 is 0. The average Bonchev–Trinajstić information content (AvgIpc) is 2.56. The van der Waals surface area contributed by atoms with Crippen LogP contribution < -0.4 is 0 Å². The van der Waals surface area contributed by atoms with Gasteiger partial charge in [-0.1, -0.05) is 12.1 Å². The fourth-order valence-corrected chi connectivity index (χ4v) is 1.97. The Bertz CT molecular complexity index is 642. The highest BCUT2D eigenvalue weighted by molar-refractivity contribution is 5.63. The molecular weight excluding hydrogens is 250 g/mol. The minimum atomic E-state index is -0.0395. The van der Waals surface area contributed by atoms with Gasteiger partial charge in [0.1, 0.15) is 0 Å². The Morgan fingerprint density at radius 1 is 0.750 bits per heavy atom. The Labute approximate surface area is 116 Å². The van der Waals surface area contributed by atoms with E-state index in [1.54, 1.807) is 12.4 Å². The summed E-state index contributed by atoms with van der Waals surface area (Å²) in [6, 6.07) is 15.0. The van der Waals surface area contributed by atoms with Crippen molar-refractivity contribution in [2.45, 2.75) is 6.61 Å². The van der Waals surface area contributed by atoms with Crippen molar-refractivity contribution in [2.75, 3.05) is 0 Å². The van der Waals surface area contributed by atoms with Gasteiger partial charge in [-0.3, -0.25) is 9.97 Å². The van der Waals surface area contributed by atoms with Gasteiger partial charge in [0.25, 0.3) is 0 Å². The zero-order valence-electron chi connectivity index (χ0n) is 10.8. The molecule has 98 valence electrons. The predicted molar refractivity (Wildman–Crippen MR) is 76.6 cm³/mol. The number of aromatic nitrogens is 3. The fraction of sp³-hybridized carbons (Fsp3) is 0.0625. The molecule has 4 nitrogen and oxygen atoms in total. The quantitative estimate of drug-likeness (QED) is 0.789. The van der Waals surface area contributed by atoms with Crippen LogP contribution in [0.25, 0.3) is 22.8 Å². The maximum atomic E-state index is 9.41. The molecule has 0 aliphatic heterocycles. The summed E-state index contributed by atoms with van der Waals surface area (Å²) in [5.74, 6) is 0. The Balaban J connectivity index is 2.13. The van der Waals surface area contributed by atoms with Gasteiger partial charge in [0.05, 0.1) is 29.4 Å². The van der Waals surface area contributed by atoms with Crippen molar-refractivity contribution >= 4 is 0 Å². The number of pyridine rings is 3. The van der Waals surface area contributed by atoms with Gasteiger partial charge in [-0.05, 0) is 42.0 Å². The molecule has 0 atom stereocenters.